The van der Waals surface area contributed by atoms with E-state index in [9.17, 15) is 14.4 Å². The molecule has 0 unspecified atom stereocenters. The van der Waals surface area contributed by atoms with E-state index in [1.165, 1.54) is 6.07 Å². The summed E-state index contributed by atoms with van der Waals surface area (Å²) in [5.74, 6) is -1.15. The Morgan fingerprint density at radius 1 is 0.912 bits per heavy atom. The van der Waals surface area contributed by atoms with Gasteiger partial charge in [-0.1, -0.05) is 51.5 Å². The van der Waals surface area contributed by atoms with Crippen molar-refractivity contribution < 1.29 is 14.4 Å². The molecule has 168 valence electrons. The van der Waals surface area contributed by atoms with Crippen LogP contribution in [0.4, 0.5) is 5.69 Å². The van der Waals surface area contributed by atoms with Gasteiger partial charge in [-0.3, -0.25) is 14.4 Å². The standard InChI is InChI=1S/C25H18BrN5O3/c26-18-7-3-5-16(11-18)14-30-15-19(28-29-30)13-27-23(32)17-6-4-8-20(12-17)31-24(33)21-9-1-2-10-22(21)25(31)34/h1-12,15H,13-14H2,(H,27,32). The average molecular weight is 516 g/mol. The van der Waals surface area contributed by atoms with E-state index in [0.29, 0.717) is 34.6 Å². The first-order chi connectivity index (χ1) is 16.5. The number of fused-ring (bicyclic) bond motifs is 1. The quantitative estimate of drug-likeness (QED) is 0.393. The zero-order valence-corrected chi connectivity index (χ0v) is 19.4. The summed E-state index contributed by atoms with van der Waals surface area (Å²) >= 11 is 3.45. The molecule has 0 aliphatic carbocycles. The maximum Gasteiger partial charge on any atom is 0.266 e. The summed E-state index contributed by atoms with van der Waals surface area (Å²) in [5, 5.41) is 11.0. The summed E-state index contributed by atoms with van der Waals surface area (Å²) in [7, 11) is 0. The number of benzene rings is 3. The average Bonchev–Trinajstić information content (AvgIpc) is 3.39. The van der Waals surface area contributed by atoms with Crippen molar-refractivity contribution in [3.8, 4) is 0 Å². The number of rotatable bonds is 6. The first kappa shape index (κ1) is 21.7. The van der Waals surface area contributed by atoms with Crippen LogP contribution < -0.4 is 10.2 Å². The molecule has 0 fully saturated rings. The van der Waals surface area contributed by atoms with Crippen LogP contribution in [0.2, 0.25) is 0 Å². The van der Waals surface area contributed by atoms with Crippen molar-refractivity contribution in [3.05, 3.63) is 111 Å². The maximum absolute atomic E-state index is 12.7. The molecule has 1 aromatic heterocycles. The van der Waals surface area contributed by atoms with Crippen LogP contribution in [0.15, 0.2) is 83.5 Å². The number of halogens is 1. The van der Waals surface area contributed by atoms with E-state index in [4.69, 9.17) is 0 Å². The second-order valence-electron chi connectivity index (χ2n) is 7.76. The molecule has 0 spiro atoms. The fourth-order valence-electron chi connectivity index (χ4n) is 3.80. The van der Waals surface area contributed by atoms with Crippen LogP contribution in [0.5, 0.6) is 0 Å². The molecule has 9 heteroatoms. The van der Waals surface area contributed by atoms with Gasteiger partial charge < -0.3 is 5.32 Å². The van der Waals surface area contributed by atoms with E-state index in [1.807, 2.05) is 24.3 Å². The molecule has 1 N–H and O–H groups in total. The van der Waals surface area contributed by atoms with E-state index < -0.39 is 11.8 Å². The topological polar surface area (TPSA) is 97.2 Å². The van der Waals surface area contributed by atoms with Crippen molar-refractivity contribution in [1.82, 2.24) is 20.3 Å². The van der Waals surface area contributed by atoms with Crippen LogP contribution in [-0.4, -0.2) is 32.7 Å². The van der Waals surface area contributed by atoms with Gasteiger partial charge in [0.1, 0.15) is 5.69 Å². The van der Waals surface area contributed by atoms with Gasteiger partial charge in [-0.05, 0) is 48.0 Å². The number of hydrogen-bond acceptors (Lipinski definition) is 5. The lowest BCUT2D eigenvalue weighted by Crippen LogP contribution is -2.30. The van der Waals surface area contributed by atoms with Gasteiger partial charge in [0.15, 0.2) is 0 Å². The first-order valence-electron chi connectivity index (χ1n) is 10.5. The molecule has 0 saturated heterocycles. The third kappa shape index (κ3) is 4.25. The Kier molecular flexibility index (Phi) is 5.77. The summed E-state index contributed by atoms with van der Waals surface area (Å²) in [6.07, 6.45) is 1.77. The molecule has 34 heavy (non-hydrogen) atoms. The van der Waals surface area contributed by atoms with Crippen molar-refractivity contribution in [1.29, 1.82) is 0 Å². The van der Waals surface area contributed by atoms with Crippen LogP contribution in [0.1, 0.15) is 42.3 Å². The predicted molar refractivity (Wildman–Crippen MR) is 128 cm³/mol. The number of amides is 3. The Balaban J connectivity index is 1.25. The summed E-state index contributed by atoms with van der Waals surface area (Å²) < 4.78 is 2.69. The molecule has 8 nitrogen and oxygen atoms in total. The molecular formula is C25H18BrN5O3. The molecule has 5 rings (SSSR count). The van der Waals surface area contributed by atoms with Crippen LogP contribution in [0.3, 0.4) is 0 Å². The zero-order valence-electron chi connectivity index (χ0n) is 17.8. The Hall–Kier alpha value is -4.11. The van der Waals surface area contributed by atoms with E-state index in [1.54, 1.807) is 53.3 Å². The molecule has 1 aliphatic rings. The molecule has 4 aromatic rings. The predicted octanol–water partition coefficient (Wildman–Crippen LogP) is 3.82. The minimum absolute atomic E-state index is 0.189. The molecule has 0 bridgehead atoms. The second-order valence-corrected chi connectivity index (χ2v) is 8.68. The zero-order chi connectivity index (χ0) is 23.7. The van der Waals surface area contributed by atoms with Crippen LogP contribution in [0, 0.1) is 0 Å². The molecule has 1 aliphatic heterocycles. The van der Waals surface area contributed by atoms with Crippen LogP contribution in [0.25, 0.3) is 0 Å². The van der Waals surface area contributed by atoms with E-state index >= 15 is 0 Å². The maximum atomic E-state index is 12.7. The lowest BCUT2D eigenvalue weighted by molar-refractivity contribution is 0.0919. The Labute approximate surface area is 203 Å². The summed E-state index contributed by atoms with van der Waals surface area (Å²) in [4.78, 5) is 39.3. The fourth-order valence-corrected chi connectivity index (χ4v) is 4.25. The third-order valence-corrected chi connectivity index (χ3v) is 5.90. The third-order valence-electron chi connectivity index (χ3n) is 5.41. The van der Waals surface area contributed by atoms with Gasteiger partial charge in [-0.2, -0.15) is 0 Å². The normalized spacial score (nSPS) is 12.7. The van der Waals surface area contributed by atoms with Gasteiger partial charge in [-0.25, -0.2) is 9.58 Å². The molecule has 3 amide bonds. The minimum Gasteiger partial charge on any atom is -0.346 e. The smallest absolute Gasteiger partial charge is 0.266 e. The highest BCUT2D eigenvalue weighted by atomic mass is 79.9. The lowest BCUT2D eigenvalue weighted by Gasteiger charge is -2.15. The van der Waals surface area contributed by atoms with E-state index in [0.717, 1.165) is 14.9 Å². The Morgan fingerprint density at radius 2 is 1.65 bits per heavy atom. The number of hydrogen-bond donors (Lipinski definition) is 1. The SMILES string of the molecule is O=C(NCc1cn(Cc2cccc(Br)c2)nn1)c1cccc(N2C(=O)c3ccccc3C2=O)c1. The van der Waals surface area contributed by atoms with Crippen LogP contribution in [-0.2, 0) is 13.1 Å². The Morgan fingerprint density at radius 3 is 2.38 bits per heavy atom. The van der Waals surface area contributed by atoms with Crippen molar-refractivity contribution in [2.45, 2.75) is 13.1 Å². The highest BCUT2D eigenvalue weighted by molar-refractivity contribution is 9.10. The molecule has 0 radical (unpaired) electrons. The molecule has 3 aromatic carbocycles. The van der Waals surface area contributed by atoms with Gasteiger partial charge in [0, 0.05) is 10.0 Å². The van der Waals surface area contributed by atoms with Crippen LogP contribution >= 0.6 is 15.9 Å². The number of carbonyl (C=O) groups is 3. The monoisotopic (exact) mass is 515 g/mol. The number of anilines is 1. The number of carbonyl (C=O) groups excluding carboxylic acids is 3. The number of nitrogens with zero attached hydrogens (tertiary/aromatic N) is 4. The fraction of sp³-hybridized carbons (Fsp3) is 0.0800. The van der Waals surface area contributed by atoms with Gasteiger partial charge in [-0.15, -0.1) is 5.10 Å². The summed E-state index contributed by atoms with van der Waals surface area (Å²) in [6, 6.07) is 21.0. The van der Waals surface area contributed by atoms with Gasteiger partial charge in [0.2, 0.25) is 0 Å². The highest BCUT2D eigenvalue weighted by Gasteiger charge is 2.36. The molecule has 0 atom stereocenters. The Bertz CT molecular complexity index is 1400. The second kappa shape index (κ2) is 9.03. The van der Waals surface area contributed by atoms with Crippen molar-refractivity contribution in [2.24, 2.45) is 0 Å². The van der Waals surface area contributed by atoms with E-state index in [2.05, 4.69) is 31.6 Å². The molecular weight excluding hydrogens is 498 g/mol. The molecule has 0 saturated carbocycles. The summed E-state index contributed by atoms with van der Waals surface area (Å²) in [5.41, 5.74) is 3.07. The molecule has 2 heterocycles. The first-order valence-corrected chi connectivity index (χ1v) is 11.3. The number of imide groups is 1. The highest BCUT2D eigenvalue weighted by Crippen LogP contribution is 2.28. The minimum atomic E-state index is -0.403. The van der Waals surface area contributed by atoms with Gasteiger partial charge in [0.25, 0.3) is 17.7 Å². The van der Waals surface area contributed by atoms with Gasteiger partial charge >= 0.3 is 0 Å². The van der Waals surface area contributed by atoms with Crippen molar-refractivity contribution >= 4 is 39.3 Å². The lowest BCUT2D eigenvalue weighted by atomic mass is 10.1. The van der Waals surface area contributed by atoms with Gasteiger partial charge in [0.05, 0.1) is 36.1 Å². The van der Waals surface area contributed by atoms with Crippen molar-refractivity contribution in [2.75, 3.05) is 4.90 Å². The summed E-state index contributed by atoms with van der Waals surface area (Å²) in [6.45, 7) is 0.747. The van der Waals surface area contributed by atoms with Crippen molar-refractivity contribution in [3.63, 3.8) is 0 Å². The largest absolute Gasteiger partial charge is 0.346 e. The number of nitrogens with one attached hydrogen (secondary N) is 1. The van der Waals surface area contributed by atoms with E-state index in [-0.39, 0.29) is 12.5 Å². The number of aromatic nitrogens is 3.